The van der Waals surface area contributed by atoms with Crippen LogP contribution in [0.15, 0.2) is 30.3 Å². The van der Waals surface area contributed by atoms with Crippen molar-refractivity contribution in [1.29, 1.82) is 0 Å². The van der Waals surface area contributed by atoms with Gasteiger partial charge in [-0.05, 0) is 52.7 Å². The second-order valence-electron chi connectivity index (χ2n) is 7.19. The molecule has 0 bridgehead atoms. The summed E-state index contributed by atoms with van der Waals surface area (Å²) in [6.45, 7) is 9.51. The van der Waals surface area contributed by atoms with Crippen molar-refractivity contribution < 1.29 is 14.3 Å². The van der Waals surface area contributed by atoms with Crippen molar-refractivity contribution in [1.82, 2.24) is 9.80 Å². The summed E-state index contributed by atoms with van der Waals surface area (Å²) in [7, 11) is 0. The van der Waals surface area contributed by atoms with Crippen LogP contribution in [0.3, 0.4) is 0 Å². The highest BCUT2D eigenvalue weighted by Crippen LogP contribution is 2.22. The van der Waals surface area contributed by atoms with Crippen LogP contribution in [0, 0.1) is 5.92 Å². The molecule has 0 aliphatic carbocycles. The van der Waals surface area contributed by atoms with Crippen molar-refractivity contribution in [2.75, 3.05) is 19.7 Å². The van der Waals surface area contributed by atoms with Gasteiger partial charge in [-0.15, -0.1) is 0 Å². The number of hydrogen-bond acceptors (Lipinski definition) is 3. The number of likely N-dealkylation sites (tertiary alicyclic amines) is 1. The molecule has 2 amide bonds. The lowest BCUT2D eigenvalue weighted by atomic mass is 9.94. The van der Waals surface area contributed by atoms with Crippen molar-refractivity contribution in [3.05, 3.63) is 30.3 Å². The van der Waals surface area contributed by atoms with Gasteiger partial charge in [0.15, 0.2) is 6.61 Å². The topological polar surface area (TPSA) is 49.9 Å². The molecule has 2 rings (SSSR count). The van der Waals surface area contributed by atoms with Crippen LogP contribution >= 0.6 is 0 Å². The van der Waals surface area contributed by atoms with E-state index in [1.807, 2.05) is 40.1 Å². The Morgan fingerprint density at radius 3 is 2.16 bits per heavy atom. The van der Waals surface area contributed by atoms with Gasteiger partial charge in [-0.25, -0.2) is 0 Å². The summed E-state index contributed by atoms with van der Waals surface area (Å²) in [5.74, 6) is 0.922. The lowest BCUT2D eigenvalue weighted by Gasteiger charge is -2.37. The summed E-state index contributed by atoms with van der Waals surface area (Å²) in [6.07, 6.45) is 1.46. The first-order valence-corrected chi connectivity index (χ1v) is 9.18. The number of para-hydroxylation sites is 1. The lowest BCUT2D eigenvalue weighted by Crippen LogP contribution is -2.49. The molecule has 0 spiro atoms. The molecule has 0 saturated carbocycles. The minimum atomic E-state index is -0.0145. The Kier molecular flexibility index (Phi) is 6.85. The number of piperidine rings is 1. The Labute approximate surface area is 150 Å². The van der Waals surface area contributed by atoms with Gasteiger partial charge in [0.1, 0.15) is 5.75 Å². The number of amides is 2. The van der Waals surface area contributed by atoms with E-state index in [4.69, 9.17) is 4.74 Å². The van der Waals surface area contributed by atoms with E-state index in [9.17, 15) is 9.59 Å². The zero-order valence-corrected chi connectivity index (χ0v) is 15.8. The molecule has 1 aliphatic rings. The number of ether oxygens (including phenoxy) is 1. The Morgan fingerprint density at radius 1 is 1.08 bits per heavy atom. The Balaban J connectivity index is 1.82. The SMILES string of the molecule is CC(C)N(C(=O)C1CCN(C(=O)COc2ccccc2)CC1)C(C)C. The minimum Gasteiger partial charge on any atom is -0.484 e. The van der Waals surface area contributed by atoms with Crippen LogP contribution in [-0.4, -0.2) is 53.4 Å². The predicted molar refractivity (Wildman–Crippen MR) is 98.4 cm³/mol. The number of benzene rings is 1. The number of nitrogens with zero attached hydrogens (tertiary/aromatic N) is 2. The van der Waals surface area contributed by atoms with Crippen molar-refractivity contribution >= 4 is 11.8 Å². The zero-order valence-electron chi connectivity index (χ0n) is 15.8. The molecule has 0 aromatic heterocycles. The average molecular weight is 346 g/mol. The first kappa shape index (κ1) is 19.3. The summed E-state index contributed by atoms with van der Waals surface area (Å²) in [6, 6.07) is 9.75. The Bertz CT molecular complexity index is 556. The van der Waals surface area contributed by atoms with Crippen LogP contribution in [-0.2, 0) is 9.59 Å². The molecular weight excluding hydrogens is 316 g/mol. The third-order valence-corrected chi connectivity index (χ3v) is 4.67. The fourth-order valence-electron chi connectivity index (χ4n) is 3.44. The Hall–Kier alpha value is -2.04. The van der Waals surface area contributed by atoms with Gasteiger partial charge in [-0.2, -0.15) is 0 Å². The van der Waals surface area contributed by atoms with Crippen LogP contribution < -0.4 is 4.74 Å². The molecule has 0 N–H and O–H groups in total. The van der Waals surface area contributed by atoms with E-state index in [1.165, 1.54) is 0 Å². The maximum Gasteiger partial charge on any atom is 0.260 e. The summed E-state index contributed by atoms with van der Waals surface area (Å²) in [5, 5.41) is 0. The van der Waals surface area contributed by atoms with E-state index in [0.29, 0.717) is 18.8 Å². The molecule has 138 valence electrons. The highest BCUT2D eigenvalue weighted by atomic mass is 16.5. The van der Waals surface area contributed by atoms with Crippen molar-refractivity contribution in [3.63, 3.8) is 0 Å². The second kappa shape index (κ2) is 8.88. The van der Waals surface area contributed by atoms with E-state index in [1.54, 1.807) is 0 Å². The van der Waals surface area contributed by atoms with Crippen LogP contribution in [0.1, 0.15) is 40.5 Å². The molecule has 1 heterocycles. The monoisotopic (exact) mass is 346 g/mol. The van der Waals surface area contributed by atoms with Gasteiger partial charge in [0.25, 0.3) is 5.91 Å². The standard InChI is InChI=1S/C20H30N2O3/c1-15(2)22(16(3)4)20(24)17-10-12-21(13-11-17)19(23)14-25-18-8-6-5-7-9-18/h5-9,15-17H,10-14H2,1-4H3. The summed E-state index contributed by atoms with van der Waals surface area (Å²) in [4.78, 5) is 28.8. The van der Waals surface area contributed by atoms with Gasteiger partial charge in [-0.3, -0.25) is 9.59 Å². The molecule has 1 fully saturated rings. The molecule has 1 aromatic carbocycles. The fourth-order valence-corrected chi connectivity index (χ4v) is 3.44. The highest BCUT2D eigenvalue weighted by Gasteiger charge is 2.32. The molecule has 1 aliphatic heterocycles. The van der Waals surface area contributed by atoms with E-state index < -0.39 is 0 Å². The van der Waals surface area contributed by atoms with Gasteiger partial charge in [0.2, 0.25) is 5.91 Å². The summed E-state index contributed by atoms with van der Waals surface area (Å²) in [5.41, 5.74) is 0. The molecule has 5 nitrogen and oxygen atoms in total. The van der Waals surface area contributed by atoms with Gasteiger partial charge in [0.05, 0.1) is 0 Å². The molecule has 5 heteroatoms. The summed E-state index contributed by atoms with van der Waals surface area (Å²) >= 11 is 0. The van der Waals surface area contributed by atoms with Crippen LogP contribution in [0.5, 0.6) is 5.75 Å². The van der Waals surface area contributed by atoms with Crippen molar-refractivity contribution in [2.45, 2.75) is 52.6 Å². The molecule has 0 radical (unpaired) electrons. The maximum absolute atomic E-state index is 12.8. The third-order valence-electron chi connectivity index (χ3n) is 4.67. The summed E-state index contributed by atoms with van der Waals surface area (Å²) < 4.78 is 5.53. The number of hydrogen-bond donors (Lipinski definition) is 0. The molecular formula is C20H30N2O3. The van der Waals surface area contributed by atoms with Crippen LogP contribution in [0.25, 0.3) is 0 Å². The molecule has 1 aromatic rings. The first-order valence-electron chi connectivity index (χ1n) is 9.18. The number of rotatable bonds is 6. The fraction of sp³-hybridized carbons (Fsp3) is 0.600. The van der Waals surface area contributed by atoms with Gasteiger partial charge in [0, 0.05) is 31.1 Å². The zero-order chi connectivity index (χ0) is 18.4. The third kappa shape index (κ3) is 5.21. The number of carbonyl (C=O) groups is 2. The minimum absolute atomic E-state index is 0.0145. The lowest BCUT2D eigenvalue weighted by molar-refractivity contribution is -0.144. The van der Waals surface area contributed by atoms with Crippen LogP contribution in [0.4, 0.5) is 0 Å². The smallest absolute Gasteiger partial charge is 0.260 e. The number of carbonyl (C=O) groups excluding carboxylic acids is 2. The van der Waals surface area contributed by atoms with Gasteiger partial charge < -0.3 is 14.5 Å². The maximum atomic E-state index is 12.8. The molecule has 1 saturated heterocycles. The second-order valence-corrected chi connectivity index (χ2v) is 7.19. The highest BCUT2D eigenvalue weighted by molar-refractivity contribution is 5.81. The molecule has 0 unspecified atom stereocenters. The van der Waals surface area contributed by atoms with E-state index >= 15 is 0 Å². The van der Waals surface area contributed by atoms with Crippen molar-refractivity contribution in [2.24, 2.45) is 5.92 Å². The molecule has 0 atom stereocenters. The predicted octanol–water partition coefficient (Wildman–Crippen LogP) is 2.95. The Morgan fingerprint density at radius 2 is 1.64 bits per heavy atom. The van der Waals surface area contributed by atoms with E-state index in [-0.39, 0.29) is 36.4 Å². The molecule has 25 heavy (non-hydrogen) atoms. The van der Waals surface area contributed by atoms with Crippen LogP contribution in [0.2, 0.25) is 0 Å². The van der Waals surface area contributed by atoms with Crippen molar-refractivity contribution in [3.8, 4) is 5.75 Å². The normalized spacial score (nSPS) is 15.5. The average Bonchev–Trinajstić information content (AvgIpc) is 2.60. The van der Waals surface area contributed by atoms with Gasteiger partial charge in [-0.1, -0.05) is 18.2 Å². The first-order chi connectivity index (χ1) is 11.9. The van der Waals surface area contributed by atoms with E-state index in [0.717, 1.165) is 12.8 Å². The van der Waals surface area contributed by atoms with E-state index in [2.05, 4.69) is 27.7 Å². The largest absolute Gasteiger partial charge is 0.484 e. The van der Waals surface area contributed by atoms with Gasteiger partial charge >= 0.3 is 0 Å². The quantitative estimate of drug-likeness (QED) is 0.796.